The van der Waals surface area contributed by atoms with Gasteiger partial charge < -0.3 is 14.7 Å². The monoisotopic (exact) mass is 277 g/mol. The topological polar surface area (TPSA) is 58.5 Å². The molecule has 0 radical (unpaired) electrons. The molecule has 0 saturated carbocycles. The van der Waals surface area contributed by atoms with E-state index in [1.807, 2.05) is 26.1 Å². The van der Waals surface area contributed by atoms with Gasteiger partial charge in [0.05, 0.1) is 12.2 Å². The summed E-state index contributed by atoms with van der Waals surface area (Å²) < 4.78 is 5.61. The molecular formula is C15H23N3O2. The van der Waals surface area contributed by atoms with Crippen LogP contribution < -0.4 is 4.90 Å². The molecular weight excluding hydrogens is 254 g/mol. The number of aromatic nitrogens is 2. The van der Waals surface area contributed by atoms with Gasteiger partial charge in [-0.25, -0.2) is 9.97 Å². The van der Waals surface area contributed by atoms with E-state index in [4.69, 9.17) is 4.74 Å². The number of hydrogen-bond donors (Lipinski definition) is 1. The SMILES string of the molecule is Cc1ccnc(N2CCC[C@@H]2[C@H]2COCC[C@]2(C)O)n1. The van der Waals surface area contributed by atoms with Crippen molar-refractivity contribution >= 4 is 5.95 Å². The van der Waals surface area contributed by atoms with Gasteiger partial charge in [0, 0.05) is 37.0 Å². The van der Waals surface area contributed by atoms with E-state index in [0.29, 0.717) is 19.6 Å². The highest BCUT2D eigenvalue weighted by molar-refractivity contribution is 5.34. The van der Waals surface area contributed by atoms with Gasteiger partial charge in [0.25, 0.3) is 0 Å². The van der Waals surface area contributed by atoms with Crippen LogP contribution in [-0.2, 0) is 4.74 Å². The lowest BCUT2D eigenvalue weighted by Crippen LogP contribution is -2.52. The summed E-state index contributed by atoms with van der Waals surface area (Å²) >= 11 is 0. The quantitative estimate of drug-likeness (QED) is 0.888. The lowest BCUT2D eigenvalue weighted by Gasteiger charge is -2.43. The summed E-state index contributed by atoms with van der Waals surface area (Å²) in [6.45, 7) is 6.15. The number of aliphatic hydroxyl groups is 1. The van der Waals surface area contributed by atoms with Crippen molar-refractivity contribution in [2.75, 3.05) is 24.7 Å². The highest BCUT2D eigenvalue weighted by Crippen LogP contribution is 2.37. The number of nitrogens with zero attached hydrogens (tertiary/aromatic N) is 3. The van der Waals surface area contributed by atoms with E-state index in [0.717, 1.165) is 31.0 Å². The summed E-state index contributed by atoms with van der Waals surface area (Å²) in [6, 6.07) is 2.18. The van der Waals surface area contributed by atoms with Gasteiger partial charge >= 0.3 is 0 Å². The number of anilines is 1. The summed E-state index contributed by atoms with van der Waals surface area (Å²) in [5.74, 6) is 0.914. The summed E-state index contributed by atoms with van der Waals surface area (Å²) in [5.41, 5.74) is 0.322. The largest absolute Gasteiger partial charge is 0.390 e. The Morgan fingerprint density at radius 1 is 1.50 bits per heavy atom. The zero-order valence-electron chi connectivity index (χ0n) is 12.2. The van der Waals surface area contributed by atoms with E-state index in [9.17, 15) is 5.11 Å². The minimum Gasteiger partial charge on any atom is -0.390 e. The molecule has 5 heteroatoms. The molecule has 3 atom stereocenters. The first-order valence-corrected chi connectivity index (χ1v) is 7.44. The molecule has 0 unspecified atom stereocenters. The number of aryl methyl sites for hydroxylation is 1. The molecule has 20 heavy (non-hydrogen) atoms. The van der Waals surface area contributed by atoms with Gasteiger partial charge in [-0.05, 0) is 39.2 Å². The highest BCUT2D eigenvalue weighted by atomic mass is 16.5. The van der Waals surface area contributed by atoms with Crippen LogP contribution in [0.3, 0.4) is 0 Å². The zero-order chi connectivity index (χ0) is 14.2. The van der Waals surface area contributed by atoms with Crippen LogP contribution in [0.15, 0.2) is 12.3 Å². The second-order valence-electron chi connectivity index (χ2n) is 6.19. The van der Waals surface area contributed by atoms with Crippen molar-refractivity contribution in [3.05, 3.63) is 18.0 Å². The maximum absolute atomic E-state index is 10.7. The van der Waals surface area contributed by atoms with Gasteiger partial charge in [-0.1, -0.05) is 0 Å². The Morgan fingerprint density at radius 3 is 3.10 bits per heavy atom. The highest BCUT2D eigenvalue weighted by Gasteiger charge is 2.44. The van der Waals surface area contributed by atoms with E-state index >= 15 is 0 Å². The first kappa shape index (κ1) is 13.8. The van der Waals surface area contributed by atoms with Gasteiger partial charge in [0.15, 0.2) is 0 Å². The van der Waals surface area contributed by atoms with Gasteiger partial charge in [-0.15, -0.1) is 0 Å². The van der Waals surface area contributed by atoms with Crippen LogP contribution in [0.1, 0.15) is 31.9 Å². The van der Waals surface area contributed by atoms with Crippen molar-refractivity contribution < 1.29 is 9.84 Å². The summed E-state index contributed by atoms with van der Waals surface area (Å²) in [5, 5.41) is 10.7. The number of rotatable bonds is 2. The molecule has 0 bridgehead atoms. The van der Waals surface area contributed by atoms with Crippen molar-refractivity contribution in [1.29, 1.82) is 0 Å². The van der Waals surface area contributed by atoms with Gasteiger partial charge in [0.1, 0.15) is 0 Å². The van der Waals surface area contributed by atoms with Gasteiger partial charge in [0.2, 0.25) is 5.95 Å². The first-order chi connectivity index (χ1) is 9.58. The average molecular weight is 277 g/mol. The molecule has 1 N–H and O–H groups in total. The van der Waals surface area contributed by atoms with E-state index in [2.05, 4.69) is 14.9 Å². The average Bonchev–Trinajstić information content (AvgIpc) is 2.87. The van der Waals surface area contributed by atoms with Crippen molar-refractivity contribution in [3.63, 3.8) is 0 Å². The molecule has 3 rings (SSSR count). The lowest BCUT2D eigenvalue weighted by molar-refractivity contribution is -0.108. The Balaban J connectivity index is 1.85. The van der Waals surface area contributed by atoms with Crippen molar-refractivity contribution in [2.24, 2.45) is 5.92 Å². The molecule has 0 amide bonds. The maximum Gasteiger partial charge on any atom is 0.225 e. The van der Waals surface area contributed by atoms with Gasteiger partial charge in [-0.3, -0.25) is 0 Å². The fraction of sp³-hybridized carbons (Fsp3) is 0.733. The predicted molar refractivity (Wildman–Crippen MR) is 76.7 cm³/mol. The van der Waals surface area contributed by atoms with Crippen molar-refractivity contribution in [1.82, 2.24) is 9.97 Å². The van der Waals surface area contributed by atoms with Crippen LogP contribution in [0.25, 0.3) is 0 Å². The minimum absolute atomic E-state index is 0.128. The molecule has 3 heterocycles. The molecule has 5 nitrogen and oxygen atoms in total. The van der Waals surface area contributed by atoms with Crippen LogP contribution in [-0.4, -0.2) is 46.5 Å². The summed E-state index contributed by atoms with van der Waals surface area (Å²) in [4.78, 5) is 11.2. The third kappa shape index (κ3) is 2.52. The van der Waals surface area contributed by atoms with Crippen LogP contribution in [0.4, 0.5) is 5.95 Å². The summed E-state index contributed by atoms with van der Waals surface area (Å²) in [6.07, 6.45) is 4.70. The first-order valence-electron chi connectivity index (χ1n) is 7.44. The second-order valence-corrected chi connectivity index (χ2v) is 6.19. The Labute approximate surface area is 120 Å². The maximum atomic E-state index is 10.7. The third-order valence-electron chi connectivity index (χ3n) is 4.65. The number of ether oxygens (including phenoxy) is 1. The Bertz CT molecular complexity index is 478. The lowest BCUT2D eigenvalue weighted by atomic mass is 9.79. The van der Waals surface area contributed by atoms with Crippen LogP contribution in [0.5, 0.6) is 0 Å². The number of hydrogen-bond acceptors (Lipinski definition) is 5. The molecule has 2 aliphatic rings. The zero-order valence-corrected chi connectivity index (χ0v) is 12.2. The molecule has 1 aromatic heterocycles. The predicted octanol–water partition coefficient (Wildman–Crippen LogP) is 1.54. The third-order valence-corrected chi connectivity index (χ3v) is 4.65. The molecule has 0 aromatic carbocycles. The van der Waals surface area contributed by atoms with Gasteiger partial charge in [-0.2, -0.15) is 0 Å². The Morgan fingerprint density at radius 2 is 2.35 bits per heavy atom. The molecule has 1 aromatic rings. The fourth-order valence-corrected chi connectivity index (χ4v) is 3.41. The molecule has 2 saturated heterocycles. The van der Waals surface area contributed by atoms with Crippen molar-refractivity contribution in [2.45, 2.75) is 44.8 Å². The van der Waals surface area contributed by atoms with E-state index < -0.39 is 5.60 Å². The second kappa shape index (κ2) is 5.30. The molecule has 0 spiro atoms. The van der Waals surface area contributed by atoms with Crippen LogP contribution in [0.2, 0.25) is 0 Å². The smallest absolute Gasteiger partial charge is 0.225 e. The summed E-state index contributed by atoms with van der Waals surface area (Å²) in [7, 11) is 0. The van der Waals surface area contributed by atoms with Crippen LogP contribution in [0, 0.1) is 12.8 Å². The van der Waals surface area contributed by atoms with Crippen molar-refractivity contribution in [3.8, 4) is 0 Å². The Hall–Kier alpha value is -1.20. The minimum atomic E-state index is -0.657. The van der Waals surface area contributed by atoms with E-state index in [-0.39, 0.29) is 12.0 Å². The molecule has 110 valence electrons. The molecule has 0 aliphatic carbocycles. The van der Waals surface area contributed by atoms with Crippen LogP contribution >= 0.6 is 0 Å². The van der Waals surface area contributed by atoms with E-state index in [1.54, 1.807) is 0 Å². The van der Waals surface area contributed by atoms with E-state index in [1.165, 1.54) is 0 Å². The molecule has 2 fully saturated rings. The standard InChI is InChI=1S/C15H23N3O2/c1-11-5-7-16-14(17-11)18-8-3-4-13(18)12-10-20-9-6-15(12,2)19/h5,7,12-13,19H,3-4,6,8-10H2,1-2H3/t12-,13-,15+/m1/s1. The normalized spacial score (nSPS) is 34.5. The Kier molecular flexibility index (Phi) is 3.65. The molecule has 2 aliphatic heterocycles. The fourth-order valence-electron chi connectivity index (χ4n) is 3.41.